The molecule has 2 aromatic rings. The molecule has 2 aliphatic heterocycles. The standard InChI is InChI=1S/C19H19F3N6O2/c1-11(19(20,21)22)8-15(29)13-2-3-14-17(25-13)28(12-5-7-27(14)9-12)18(30)26-16-4-6-23-10-24-16/h2-4,6,10-12H,5,7-9H2,1H3,(H,23,24,26,30)/t11-,12-/m0/s1. The van der Waals surface area contributed by atoms with Crippen LogP contribution in [0.15, 0.2) is 30.7 Å². The molecular formula is C19H19F3N6O2. The van der Waals surface area contributed by atoms with Gasteiger partial charge < -0.3 is 4.90 Å². The number of alkyl halides is 3. The number of nitrogens with one attached hydrogen (secondary N) is 1. The lowest BCUT2D eigenvalue weighted by Gasteiger charge is -2.35. The largest absolute Gasteiger partial charge is 0.391 e. The molecule has 0 saturated carbocycles. The summed E-state index contributed by atoms with van der Waals surface area (Å²) in [4.78, 5) is 41.0. The Morgan fingerprint density at radius 3 is 2.80 bits per heavy atom. The Labute approximate surface area is 170 Å². The van der Waals surface area contributed by atoms with Gasteiger partial charge in [-0.25, -0.2) is 19.7 Å². The Bertz CT molecular complexity index is 968. The average molecular weight is 420 g/mol. The molecule has 2 amide bonds. The van der Waals surface area contributed by atoms with E-state index in [0.717, 1.165) is 13.5 Å². The maximum Gasteiger partial charge on any atom is 0.391 e. The number of ketones is 1. The number of hydrogen-bond acceptors (Lipinski definition) is 6. The molecule has 11 heteroatoms. The van der Waals surface area contributed by atoms with E-state index in [1.807, 2.05) is 4.90 Å². The van der Waals surface area contributed by atoms with E-state index in [-0.39, 0.29) is 17.6 Å². The second-order valence-electron chi connectivity index (χ2n) is 7.39. The number of halogens is 3. The zero-order valence-corrected chi connectivity index (χ0v) is 16.1. The minimum atomic E-state index is -4.46. The number of rotatable bonds is 4. The van der Waals surface area contributed by atoms with Gasteiger partial charge in [-0.1, -0.05) is 6.92 Å². The van der Waals surface area contributed by atoms with E-state index < -0.39 is 30.3 Å². The molecule has 0 radical (unpaired) electrons. The highest BCUT2D eigenvalue weighted by molar-refractivity contribution is 6.05. The van der Waals surface area contributed by atoms with E-state index >= 15 is 0 Å². The third kappa shape index (κ3) is 3.79. The van der Waals surface area contributed by atoms with Crippen molar-refractivity contribution in [2.75, 3.05) is 28.2 Å². The molecule has 2 aliphatic rings. The van der Waals surface area contributed by atoms with Crippen LogP contribution in [0.2, 0.25) is 0 Å². The first-order valence-electron chi connectivity index (χ1n) is 9.46. The molecule has 0 unspecified atom stereocenters. The van der Waals surface area contributed by atoms with Crippen LogP contribution >= 0.6 is 0 Å². The van der Waals surface area contributed by atoms with Gasteiger partial charge in [-0.15, -0.1) is 0 Å². The van der Waals surface area contributed by atoms with Crippen molar-refractivity contribution < 1.29 is 22.8 Å². The summed E-state index contributed by atoms with van der Waals surface area (Å²) >= 11 is 0. The summed E-state index contributed by atoms with van der Waals surface area (Å²) in [5, 5.41) is 2.68. The Balaban J connectivity index is 1.63. The molecule has 4 heterocycles. The van der Waals surface area contributed by atoms with Crippen molar-refractivity contribution in [2.24, 2.45) is 5.92 Å². The Morgan fingerprint density at radius 1 is 1.30 bits per heavy atom. The van der Waals surface area contributed by atoms with Crippen LogP contribution in [0.5, 0.6) is 0 Å². The van der Waals surface area contributed by atoms with Gasteiger partial charge in [0.1, 0.15) is 17.8 Å². The number of pyridine rings is 1. The molecule has 30 heavy (non-hydrogen) atoms. The lowest BCUT2D eigenvalue weighted by Crippen LogP contribution is -2.48. The van der Waals surface area contributed by atoms with Crippen LogP contribution < -0.4 is 15.1 Å². The van der Waals surface area contributed by atoms with Crippen molar-refractivity contribution in [1.82, 2.24) is 15.0 Å². The monoisotopic (exact) mass is 420 g/mol. The van der Waals surface area contributed by atoms with Crippen LogP contribution in [0.1, 0.15) is 30.3 Å². The van der Waals surface area contributed by atoms with Crippen LogP contribution in [0.3, 0.4) is 0 Å². The lowest BCUT2D eigenvalue weighted by atomic mass is 10.0. The van der Waals surface area contributed by atoms with Gasteiger partial charge in [0.2, 0.25) is 0 Å². The number of aromatic nitrogens is 3. The van der Waals surface area contributed by atoms with E-state index in [4.69, 9.17) is 0 Å². The number of nitrogens with zero attached hydrogens (tertiary/aromatic N) is 5. The van der Waals surface area contributed by atoms with Crippen LogP contribution in [0, 0.1) is 5.92 Å². The minimum Gasteiger partial charge on any atom is -0.366 e. The van der Waals surface area contributed by atoms with Gasteiger partial charge in [0.15, 0.2) is 11.6 Å². The molecule has 1 saturated heterocycles. The summed E-state index contributed by atoms with van der Waals surface area (Å²) in [5.74, 6) is -1.92. The third-order valence-corrected chi connectivity index (χ3v) is 5.32. The highest BCUT2D eigenvalue weighted by atomic mass is 19.4. The molecule has 0 spiro atoms. The predicted molar refractivity (Wildman–Crippen MR) is 103 cm³/mol. The van der Waals surface area contributed by atoms with Crippen LogP contribution in [-0.4, -0.2) is 52.1 Å². The smallest absolute Gasteiger partial charge is 0.366 e. The van der Waals surface area contributed by atoms with Crippen molar-refractivity contribution in [2.45, 2.75) is 32.0 Å². The first-order valence-corrected chi connectivity index (χ1v) is 9.46. The van der Waals surface area contributed by atoms with Crippen molar-refractivity contribution >= 4 is 29.1 Å². The SMILES string of the molecule is C[C@@H](CC(=O)c1ccc2c(n1)N(C(=O)Nc1ccncn1)[C@H]1CCN2C1)C(F)(F)F. The van der Waals surface area contributed by atoms with E-state index in [0.29, 0.717) is 24.5 Å². The van der Waals surface area contributed by atoms with Crippen molar-refractivity contribution in [3.8, 4) is 0 Å². The van der Waals surface area contributed by atoms with Gasteiger partial charge in [0, 0.05) is 25.7 Å². The predicted octanol–water partition coefficient (Wildman–Crippen LogP) is 3.27. The van der Waals surface area contributed by atoms with Gasteiger partial charge in [-0.05, 0) is 24.6 Å². The average Bonchev–Trinajstić information content (AvgIpc) is 3.12. The topological polar surface area (TPSA) is 91.3 Å². The zero-order chi connectivity index (χ0) is 21.5. The summed E-state index contributed by atoms with van der Waals surface area (Å²) in [6, 6.07) is 3.97. The summed E-state index contributed by atoms with van der Waals surface area (Å²) in [6.45, 7) is 2.29. The normalized spacial score (nSPS) is 18.7. The minimum absolute atomic E-state index is 0.0906. The Hall–Kier alpha value is -3.24. The van der Waals surface area contributed by atoms with Crippen molar-refractivity contribution in [1.29, 1.82) is 0 Å². The van der Waals surface area contributed by atoms with Crippen LogP contribution in [0.25, 0.3) is 0 Å². The Kier molecular flexibility index (Phi) is 5.04. The molecule has 2 atom stereocenters. The summed E-state index contributed by atoms with van der Waals surface area (Å²) in [5.41, 5.74) is 0.578. The summed E-state index contributed by atoms with van der Waals surface area (Å²) in [6.07, 6.45) is -1.66. The number of Topliss-reactive ketones (excluding diaryl/α,β-unsaturated/α-hetero) is 1. The molecule has 2 bridgehead atoms. The summed E-state index contributed by atoms with van der Waals surface area (Å²) in [7, 11) is 0. The number of carbonyl (C=O) groups is 2. The van der Waals surface area contributed by atoms with Gasteiger partial charge in [-0.2, -0.15) is 13.2 Å². The van der Waals surface area contributed by atoms with E-state index in [1.54, 1.807) is 6.07 Å². The van der Waals surface area contributed by atoms with E-state index in [1.165, 1.54) is 29.6 Å². The first-order chi connectivity index (χ1) is 14.2. The summed E-state index contributed by atoms with van der Waals surface area (Å²) < 4.78 is 38.5. The molecular weight excluding hydrogens is 401 g/mol. The number of amides is 2. The van der Waals surface area contributed by atoms with Gasteiger partial charge in [0.25, 0.3) is 0 Å². The van der Waals surface area contributed by atoms with Crippen LogP contribution in [-0.2, 0) is 0 Å². The van der Waals surface area contributed by atoms with Gasteiger partial charge in [-0.3, -0.25) is 15.0 Å². The number of carbonyl (C=O) groups excluding carboxylic acids is 2. The zero-order valence-electron chi connectivity index (χ0n) is 16.1. The maximum absolute atomic E-state index is 13.0. The van der Waals surface area contributed by atoms with Crippen molar-refractivity contribution in [3.05, 3.63) is 36.4 Å². The molecule has 158 valence electrons. The molecule has 1 N–H and O–H groups in total. The highest BCUT2D eigenvalue weighted by Gasteiger charge is 2.41. The Morgan fingerprint density at radius 2 is 2.10 bits per heavy atom. The van der Waals surface area contributed by atoms with Gasteiger partial charge in [0.05, 0.1) is 17.6 Å². The third-order valence-electron chi connectivity index (χ3n) is 5.32. The molecule has 4 rings (SSSR count). The lowest BCUT2D eigenvalue weighted by molar-refractivity contribution is -0.168. The molecule has 1 fully saturated rings. The quantitative estimate of drug-likeness (QED) is 0.764. The van der Waals surface area contributed by atoms with Gasteiger partial charge >= 0.3 is 12.2 Å². The maximum atomic E-state index is 13.0. The van der Waals surface area contributed by atoms with E-state index in [9.17, 15) is 22.8 Å². The number of hydrogen-bond donors (Lipinski definition) is 1. The molecule has 2 aromatic heterocycles. The number of fused-ring (bicyclic) bond motifs is 4. The van der Waals surface area contributed by atoms with Crippen molar-refractivity contribution in [3.63, 3.8) is 0 Å². The number of urea groups is 1. The molecule has 0 aromatic carbocycles. The second kappa shape index (κ2) is 7.54. The van der Waals surface area contributed by atoms with Crippen LogP contribution in [0.4, 0.5) is 35.3 Å². The number of anilines is 3. The fourth-order valence-corrected chi connectivity index (χ4v) is 3.66. The highest BCUT2D eigenvalue weighted by Crippen LogP contribution is 2.39. The second-order valence-corrected chi connectivity index (χ2v) is 7.39. The fourth-order valence-electron chi connectivity index (χ4n) is 3.66. The fraction of sp³-hybridized carbons (Fsp3) is 0.421. The molecule has 8 nitrogen and oxygen atoms in total. The van der Waals surface area contributed by atoms with E-state index in [2.05, 4.69) is 20.3 Å². The molecule has 0 aliphatic carbocycles. The first kappa shape index (κ1) is 20.0.